The topological polar surface area (TPSA) is 101 Å². The van der Waals surface area contributed by atoms with Gasteiger partial charge in [-0.25, -0.2) is 9.59 Å². The first-order valence-corrected chi connectivity index (χ1v) is 9.70. The number of hydrogen-bond donors (Lipinski definition) is 0. The van der Waals surface area contributed by atoms with Gasteiger partial charge in [-0.3, -0.25) is 4.79 Å². The first-order valence-electron chi connectivity index (χ1n) is 9.70. The van der Waals surface area contributed by atoms with E-state index in [4.69, 9.17) is 23.4 Å². The molecule has 0 fully saturated rings. The summed E-state index contributed by atoms with van der Waals surface area (Å²) in [5, 5.41) is 0.290. The van der Waals surface area contributed by atoms with Crippen molar-refractivity contribution in [2.45, 2.75) is 26.9 Å². The summed E-state index contributed by atoms with van der Waals surface area (Å²) in [5.74, 6) is -0.211. The molecule has 8 heteroatoms. The third-order valence-corrected chi connectivity index (χ3v) is 4.03. The van der Waals surface area contributed by atoms with Crippen LogP contribution in [0.1, 0.15) is 31.1 Å². The Morgan fingerprint density at radius 1 is 1.03 bits per heavy atom. The summed E-state index contributed by atoms with van der Waals surface area (Å²) < 4.78 is 26.4. The molecular weight excluding hydrogens is 404 g/mol. The molecular formula is C23H22O8. The van der Waals surface area contributed by atoms with Crippen molar-refractivity contribution in [1.82, 2.24) is 0 Å². The van der Waals surface area contributed by atoms with E-state index in [0.717, 1.165) is 0 Å². The Morgan fingerprint density at radius 2 is 1.74 bits per heavy atom. The summed E-state index contributed by atoms with van der Waals surface area (Å²) in [6.07, 6.45) is 0.964. The minimum atomic E-state index is -0.491. The van der Waals surface area contributed by atoms with E-state index in [9.17, 15) is 14.4 Å². The van der Waals surface area contributed by atoms with Gasteiger partial charge in [-0.2, -0.15) is 0 Å². The highest BCUT2D eigenvalue weighted by Gasteiger charge is 2.13. The molecule has 0 unspecified atom stereocenters. The van der Waals surface area contributed by atoms with E-state index in [-0.39, 0.29) is 41.5 Å². The van der Waals surface area contributed by atoms with E-state index in [1.54, 1.807) is 51.1 Å². The summed E-state index contributed by atoms with van der Waals surface area (Å²) in [4.78, 5) is 36.0. The van der Waals surface area contributed by atoms with Crippen LogP contribution in [0, 0.1) is 0 Å². The van der Waals surface area contributed by atoms with E-state index >= 15 is 0 Å². The SMILES string of the molecule is CCOC(=O)c1ccc(Oc2coc3cc(OCC(=O)OC(C)C)ccc3c2=O)cc1. The monoisotopic (exact) mass is 426 g/mol. The van der Waals surface area contributed by atoms with Crippen LogP contribution in [-0.2, 0) is 14.3 Å². The molecule has 0 aliphatic carbocycles. The number of fused-ring (bicyclic) bond motifs is 1. The molecule has 0 aliphatic rings. The third-order valence-electron chi connectivity index (χ3n) is 4.03. The molecule has 3 rings (SSSR count). The van der Waals surface area contributed by atoms with Crippen LogP contribution >= 0.6 is 0 Å². The first-order chi connectivity index (χ1) is 14.9. The van der Waals surface area contributed by atoms with Crippen molar-refractivity contribution in [1.29, 1.82) is 0 Å². The van der Waals surface area contributed by atoms with Crippen molar-refractivity contribution in [2.75, 3.05) is 13.2 Å². The van der Waals surface area contributed by atoms with Gasteiger partial charge < -0.3 is 23.4 Å². The maximum absolute atomic E-state index is 12.7. The average molecular weight is 426 g/mol. The lowest BCUT2D eigenvalue weighted by atomic mass is 10.2. The summed E-state index contributed by atoms with van der Waals surface area (Å²) in [5.41, 5.74) is 0.288. The van der Waals surface area contributed by atoms with Gasteiger partial charge in [0.25, 0.3) is 0 Å². The minimum Gasteiger partial charge on any atom is -0.482 e. The number of hydrogen-bond acceptors (Lipinski definition) is 8. The van der Waals surface area contributed by atoms with Gasteiger partial charge in [-0.05, 0) is 57.2 Å². The molecule has 0 amide bonds. The normalized spacial score (nSPS) is 10.7. The maximum Gasteiger partial charge on any atom is 0.344 e. The standard InChI is InChI=1S/C23H22O8/c1-4-27-23(26)15-5-7-16(8-6-15)31-20-12-29-19-11-17(9-10-18(19)22(20)25)28-13-21(24)30-14(2)3/h5-12,14H,4,13H2,1-3H3. The molecule has 1 aromatic heterocycles. The van der Waals surface area contributed by atoms with Crippen molar-refractivity contribution >= 4 is 22.9 Å². The summed E-state index contributed by atoms with van der Waals surface area (Å²) >= 11 is 0. The molecule has 3 aromatic rings. The molecule has 0 radical (unpaired) electrons. The Balaban J connectivity index is 1.73. The van der Waals surface area contributed by atoms with E-state index < -0.39 is 11.9 Å². The molecule has 31 heavy (non-hydrogen) atoms. The van der Waals surface area contributed by atoms with E-state index in [0.29, 0.717) is 17.1 Å². The van der Waals surface area contributed by atoms with Gasteiger partial charge >= 0.3 is 11.9 Å². The van der Waals surface area contributed by atoms with Crippen molar-refractivity contribution < 1.29 is 33.0 Å². The Bertz CT molecular complexity index is 1130. The van der Waals surface area contributed by atoms with Crippen LogP contribution in [0.5, 0.6) is 17.2 Å². The lowest BCUT2D eigenvalue weighted by molar-refractivity contribution is -0.149. The van der Waals surface area contributed by atoms with Crippen LogP contribution in [0.15, 0.2) is 57.9 Å². The van der Waals surface area contributed by atoms with E-state index in [1.165, 1.54) is 18.4 Å². The minimum absolute atomic E-state index is 0.00874. The second-order valence-corrected chi connectivity index (χ2v) is 6.76. The van der Waals surface area contributed by atoms with Gasteiger partial charge in [-0.1, -0.05) is 0 Å². The Morgan fingerprint density at radius 3 is 2.42 bits per heavy atom. The van der Waals surface area contributed by atoms with Gasteiger partial charge in [-0.15, -0.1) is 0 Å². The summed E-state index contributed by atoms with van der Waals surface area (Å²) in [6, 6.07) is 10.8. The number of esters is 2. The van der Waals surface area contributed by atoms with Crippen LogP contribution in [-0.4, -0.2) is 31.3 Å². The zero-order valence-corrected chi connectivity index (χ0v) is 17.4. The van der Waals surface area contributed by atoms with Gasteiger partial charge in [0.05, 0.1) is 23.7 Å². The average Bonchev–Trinajstić information content (AvgIpc) is 2.74. The maximum atomic E-state index is 12.7. The van der Waals surface area contributed by atoms with Crippen molar-refractivity contribution in [2.24, 2.45) is 0 Å². The van der Waals surface area contributed by atoms with Crippen LogP contribution < -0.4 is 14.9 Å². The summed E-state index contributed by atoms with van der Waals surface area (Å²) in [7, 11) is 0. The fourth-order valence-electron chi connectivity index (χ4n) is 2.69. The van der Waals surface area contributed by atoms with Crippen LogP contribution in [0.2, 0.25) is 0 Å². The van der Waals surface area contributed by atoms with E-state index in [2.05, 4.69) is 0 Å². The molecule has 0 bridgehead atoms. The molecule has 0 saturated carbocycles. The van der Waals surface area contributed by atoms with Crippen LogP contribution in [0.25, 0.3) is 11.0 Å². The smallest absolute Gasteiger partial charge is 0.344 e. The number of ether oxygens (including phenoxy) is 4. The largest absolute Gasteiger partial charge is 0.482 e. The number of carbonyl (C=O) groups is 2. The van der Waals surface area contributed by atoms with Crippen LogP contribution in [0.3, 0.4) is 0 Å². The highest BCUT2D eigenvalue weighted by molar-refractivity contribution is 5.89. The van der Waals surface area contributed by atoms with Crippen LogP contribution in [0.4, 0.5) is 0 Å². The van der Waals surface area contributed by atoms with E-state index in [1.807, 2.05) is 0 Å². The fraction of sp³-hybridized carbons (Fsp3) is 0.261. The van der Waals surface area contributed by atoms with Crippen molar-refractivity contribution in [3.8, 4) is 17.2 Å². The quantitative estimate of drug-likeness (QED) is 0.497. The van der Waals surface area contributed by atoms with Crippen molar-refractivity contribution in [3.63, 3.8) is 0 Å². The molecule has 2 aromatic carbocycles. The molecule has 0 spiro atoms. The lowest BCUT2D eigenvalue weighted by Gasteiger charge is -2.10. The Hall–Kier alpha value is -3.81. The zero-order chi connectivity index (χ0) is 22.4. The molecule has 0 N–H and O–H groups in total. The van der Waals surface area contributed by atoms with Crippen molar-refractivity contribution in [3.05, 3.63) is 64.5 Å². The molecule has 0 saturated heterocycles. The predicted octanol–water partition coefficient (Wildman–Crippen LogP) is 4.09. The highest BCUT2D eigenvalue weighted by Crippen LogP contribution is 2.24. The van der Waals surface area contributed by atoms with Gasteiger partial charge in [0.15, 0.2) is 6.61 Å². The predicted molar refractivity (Wildman–Crippen MR) is 112 cm³/mol. The van der Waals surface area contributed by atoms with Gasteiger partial charge in [0, 0.05) is 6.07 Å². The van der Waals surface area contributed by atoms with Gasteiger partial charge in [0.2, 0.25) is 11.2 Å². The van der Waals surface area contributed by atoms with Gasteiger partial charge in [0.1, 0.15) is 23.3 Å². The third kappa shape index (κ3) is 5.63. The zero-order valence-electron chi connectivity index (χ0n) is 17.4. The molecule has 162 valence electrons. The number of rotatable bonds is 8. The second-order valence-electron chi connectivity index (χ2n) is 6.76. The molecule has 1 heterocycles. The molecule has 0 atom stereocenters. The molecule has 8 nitrogen and oxygen atoms in total. The second kappa shape index (κ2) is 9.80. The number of benzene rings is 2. The molecule has 0 aliphatic heterocycles. The number of carbonyl (C=O) groups excluding carboxylic acids is 2. The highest BCUT2D eigenvalue weighted by atomic mass is 16.6. The first kappa shape index (κ1) is 21.9. The lowest BCUT2D eigenvalue weighted by Crippen LogP contribution is -2.18. The fourth-order valence-corrected chi connectivity index (χ4v) is 2.69. The summed E-state index contributed by atoms with van der Waals surface area (Å²) in [6.45, 7) is 5.25. The Kier molecular flexibility index (Phi) is 6.92. The Labute approximate surface area is 178 Å².